The zero-order valence-electron chi connectivity index (χ0n) is 15.6. The highest BCUT2D eigenvalue weighted by atomic mass is 32.1. The maximum absolute atomic E-state index is 12.4. The van der Waals surface area contributed by atoms with E-state index in [1.807, 2.05) is 35.0 Å². The van der Waals surface area contributed by atoms with Gasteiger partial charge in [-0.15, -0.1) is 0 Å². The van der Waals surface area contributed by atoms with Crippen LogP contribution in [-0.4, -0.2) is 52.7 Å². The third kappa shape index (κ3) is 3.65. The van der Waals surface area contributed by atoms with Crippen LogP contribution in [0.25, 0.3) is 17.0 Å². The molecule has 0 bridgehead atoms. The van der Waals surface area contributed by atoms with Crippen molar-refractivity contribution < 1.29 is 14.3 Å². The van der Waals surface area contributed by atoms with Crippen molar-refractivity contribution in [3.63, 3.8) is 0 Å². The summed E-state index contributed by atoms with van der Waals surface area (Å²) in [4.78, 5) is 26.1. The molecule has 2 N–H and O–H groups in total. The molecule has 146 valence electrons. The smallest absolute Gasteiger partial charge is 0.276 e. The molecule has 2 aliphatic heterocycles. The van der Waals surface area contributed by atoms with Crippen molar-refractivity contribution in [3.8, 4) is 0 Å². The maximum atomic E-state index is 12.4. The van der Waals surface area contributed by atoms with E-state index < -0.39 is 0 Å². The fourth-order valence-corrected chi connectivity index (χ4v) is 3.74. The minimum atomic E-state index is -0.170. The van der Waals surface area contributed by atoms with Gasteiger partial charge in [0.25, 0.3) is 5.91 Å². The van der Waals surface area contributed by atoms with Crippen LogP contribution in [-0.2, 0) is 20.9 Å². The van der Waals surface area contributed by atoms with Crippen LogP contribution >= 0.6 is 12.2 Å². The van der Waals surface area contributed by atoms with E-state index in [2.05, 4.69) is 10.6 Å². The zero-order valence-corrected chi connectivity index (χ0v) is 16.4. The molecule has 0 saturated carbocycles. The lowest BCUT2D eigenvalue weighted by Gasteiger charge is -2.11. The van der Waals surface area contributed by atoms with Crippen molar-refractivity contribution in [3.05, 3.63) is 41.7 Å². The van der Waals surface area contributed by atoms with Crippen LogP contribution in [0.1, 0.15) is 18.4 Å². The number of carbonyl (C=O) groups excluding carboxylic acids is 2. The first-order valence-electron chi connectivity index (χ1n) is 9.30. The highest BCUT2D eigenvalue weighted by Crippen LogP contribution is 2.24. The first-order chi connectivity index (χ1) is 13.5. The number of carbonyl (C=O) groups is 2. The third-order valence-corrected chi connectivity index (χ3v) is 5.44. The largest absolute Gasteiger partial charge is 0.376 e. The second-order valence-electron chi connectivity index (χ2n) is 7.02. The summed E-state index contributed by atoms with van der Waals surface area (Å²) < 4.78 is 7.44. The molecule has 1 aromatic heterocycles. The minimum absolute atomic E-state index is 0.0635. The van der Waals surface area contributed by atoms with Crippen molar-refractivity contribution in [1.82, 2.24) is 20.1 Å². The molecule has 2 amide bonds. The molecule has 2 fully saturated rings. The predicted molar refractivity (Wildman–Crippen MR) is 110 cm³/mol. The molecule has 0 radical (unpaired) electrons. The van der Waals surface area contributed by atoms with Gasteiger partial charge in [-0.25, -0.2) is 0 Å². The molecule has 2 saturated heterocycles. The van der Waals surface area contributed by atoms with E-state index in [9.17, 15) is 9.59 Å². The number of nitrogens with zero attached hydrogens (tertiary/aromatic N) is 2. The van der Waals surface area contributed by atoms with E-state index >= 15 is 0 Å². The number of ether oxygens (including phenoxy) is 1. The molecule has 0 spiro atoms. The molecule has 2 aromatic rings. The van der Waals surface area contributed by atoms with Crippen LogP contribution in [0.4, 0.5) is 0 Å². The number of rotatable bonds is 5. The van der Waals surface area contributed by atoms with Gasteiger partial charge in [0.05, 0.1) is 6.10 Å². The number of thiocarbonyl (C=S) groups is 1. The SMILES string of the molecule is CN1C(=O)/C(=C\c2cn(CC(=O)NC[C@H]3CCCO3)c3ccccc23)NC1=S. The molecule has 4 rings (SSSR count). The summed E-state index contributed by atoms with van der Waals surface area (Å²) in [5.74, 6) is -0.234. The average Bonchev–Trinajstić information content (AvgIpc) is 3.38. The van der Waals surface area contributed by atoms with Gasteiger partial charge in [0.2, 0.25) is 5.91 Å². The normalized spacial score (nSPS) is 21.0. The number of likely N-dealkylation sites (N-methyl/N-ethyl adjacent to an activating group) is 1. The van der Waals surface area contributed by atoms with Gasteiger partial charge in [-0.05, 0) is 37.2 Å². The quantitative estimate of drug-likeness (QED) is 0.591. The number of fused-ring (bicyclic) bond motifs is 1. The number of hydrogen-bond donors (Lipinski definition) is 2. The molecule has 0 aliphatic carbocycles. The van der Waals surface area contributed by atoms with Gasteiger partial charge >= 0.3 is 0 Å². The maximum Gasteiger partial charge on any atom is 0.276 e. The van der Waals surface area contributed by atoms with E-state index in [1.165, 1.54) is 4.90 Å². The molecule has 0 unspecified atom stereocenters. The van der Waals surface area contributed by atoms with Gasteiger partial charge in [-0.1, -0.05) is 18.2 Å². The fourth-order valence-electron chi connectivity index (χ4n) is 3.54. The topological polar surface area (TPSA) is 75.6 Å². The van der Waals surface area contributed by atoms with Crippen LogP contribution in [0.2, 0.25) is 0 Å². The Morgan fingerprint density at radius 3 is 2.96 bits per heavy atom. The van der Waals surface area contributed by atoms with Gasteiger partial charge in [0.15, 0.2) is 5.11 Å². The lowest BCUT2D eigenvalue weighted by atomic mass is 10.1. The number of aromatic nitrogens is 1. The highest BCUT2D eigenvalue weighted by molar-refractivity contribution is 7.80. The first kappa shape index (κ1) is 18.6. The highest BCUT2D eigenvalue weighted by Gasteiger charge is 2.27. The Hall–Kier alpha value is -2.71. The van der Waals surface area contributed by atoms with Gasteiger partial charge in [-0.2, -0.15) is 0 Å². The number of nitrogens with one attached hydrogen (secondary N) is 2. The molecule has 3 heterocycles. The van der Waals surface area contributed by atoms with Gasteiger partial charge in [-0.3, -0.25) is 14.5 Å². The van der Waals surface area contributed by atoms with Crippen molar-refractivity contribution in [2.45, 2.75) is 25.5 Å². The van der Waals surface area contributed by atoms with Gasteiger partial charge < -0.3 is 19.9 Å². The summed E-state index contributed by atoms with van der Waals surface area (Å²) >= 11 is 5.13. The summed E-state index contributed by atoms with van der Waals surface area (Å²) in [6.07, 6.45) is 5.82. The Morgan fingerprint density at radius 1 is 1.43 bits per heavy atom. The van der Waals surface area contributed by atoms with E-state index in [-0.39, 0.29) is 24.5 Å². The number of hydrogen-bond acceptors (Lipinski definition) is 4. The third-order valence-electron chi connectivity index (χ3n) is 5.07. The summed E-state index contributed by atoms with van der Waals surface area (Å²) in [6, 6.07) is 7.81. The van der Waals surface area contributed by atoms with E-state index in [1.54, 1.807) is 13.1 Å². The van der Waals surface area contributed by atoms with E-state index in [4.69, 9.17) is 17.0 Å². The second kappa shape index (κ2) is 7.73. The van der Waals surface area contributed by atoms with E-state index in [0.29, 0.717) is 17.4 Å². The Morgan fingerprint density at radius 2 is 2.25 bits per heavy atom. The lowest BCUT2D eigenvalue weighted by Crippen LogP contribution is -2.34. The predicted octanol–water partition coefficient (Wildman–Crippen LogP) is 1.62. The summed E-state index contributed by atoms with van der Waals surface area (Å²) in [5.41, 5.74) is 2.22. The first-order valence-corrected chi connectivity index (χ1v) is 9.70. The summed E-state index contributed by atoms with van der Waals surface area (Å²) in [6.45, 7) is 1.51. The summed E-state index contributed by atoms with van der Waals surface area (Å²) in [5, 5.41) is 7.24. The molecule has 2 aliphatic rings. The molecular weight excluding hydrogens is 376 g/mol. The van der Waals surface area contributed by atoms with Crippen LogP contribution in [0.3, 0.4) is 0 Å². The fraction of sp³-hybridized carbons (Fsp3) is 0.350. The molecule has 28 heavy (non-hydrogen) atoms. The second-order valence-corrected chi connectivity index (χ2v) is 7.41. The molecule has 1 atom stereocenters. The van der Waals surface area contributed by atoms with Gasteiger partial charge in [0, 0.05) is 42.9 Å². The minimum Gasteiger partial charge on any atom is -0.376 e. The number of amides is 2. The molecular formula is C20H22N4O3S. The Labute approximate surface area is 168 Å². The summed E-state index contributed by atoms with van der Waals surface area (Å²) in [7, 11) is 1.64. The Kier molecular flexibility index (Phi) is 5.15. The Balaban J connectivity index is 1.55. The lowest BCUT2D eigenvalue weighted by molar-refractivity contribution is -0.122. The number of benzene rings is 1. The van der Waals surface area contributed by atoms with Crippen LogP contribution in [0.5, 0.6) is 0 Å². The Bertz CT molecular complexity index is 975. The monoisotopic (exact) mass is 398 g/mol. The average molecular weight is 398 g/mol. The standard InChI is InChI=1S/C20H22N4O3S/c1-23-19(26)16(22-20(23)28)9-13-11-24(17-7-3-2-6-15(13)17)12-18(25)21-10-14-5-4-8-27-14/h2-3,6-7,9,11,14H,4-5,8,10,12H2,1H3,(H,21,25)(H,22,28)/b16-9+/t14-/m1/s1. The van der Waals surface area contributed by atoms with Crippen LogP contribution in [0, 0.1) is 0 Å². The van der Waals surface area contributed by atoms with E-state index in [0.717, 1.165) is 35.9 Å². The van der Waals surface area contributed by atoms with Gasteiger partial charge in [0.1, 0.15) is 12.2 Å². The molecule has 1 aromatic carbocycles. The van der Waals surface area contributed by atoms with Crippen molar-refractivity contribution in [1.29, 1.82) is 0 Å². The number of para-hydroxylation sites is 1. The van der Waals surface area contributed by atoms with Crippen molar-refractivity contribution in [2.24, 2.45) is 0 Å². The molecule has 8 heteroatoms. The zero-order chi connectivity index (χ0) is 19.7. The molecule has 7 nitrogen and oxygen atoms in total. The van der Waals surface area contributed by atoms with Crippen LogP contribution < -0.4 is 10.6 Å². The van der Waals surface area contributed by atoms with Crippen LogP contribution in [0.15, 0.2) is 36.2 Å². The van der Waals surface area contributed by atoms with Crippen molar-refractivity contribution >= 4 is 46.1 Å². The van der Waals surface area contributed by atoms with Crippen molar-refractivity contribution in [2.75, 3.05) is 20.2 Å².